The number of hydrogen-bond donors (Lipinski definition) is 2. The van der Waals surface area contributed by atoms with E-state index in [-0.39, 0.29) is 11.4 Å². The molecule has 0 bridgehead atoms. The largest absolute Gasteiger partial charge is 0.478 e. The van der Waals surface area contributed by atoms with Crippen LogP contribution >= 0.6 is 0 Å². The number of carboxylic acids is 1. The minimum Gasteiger partial charge on any atom is -0.478 e. The summed E-state index contributed by atoms with van der Waals surface area (Å²) < 4.78 is 37.2. The summed E-state index contributed by atoms with van der Waals surface area (Å²) in [6.45, 7) is 0. The lowest BCUT2D eigenvalue weighted by Gasteiger charge is -2.10. The van der Waals surface area contributed by atoms with Crippen LogP contribution in [-0.4, -0.2) is 16.1 Å². The highest BCUT2D eigenvalue weighted by Gasteiger charge is 2.29. The SMILES string of the molecule is O=C(O)c1cccnc1Nc1ccc(C(F)(F)F)cc1. The van der Waals surface area contributed by atoms with Gasteiger partial charge >= 0.3 is 12.1 Å². The maximum Gasteiger partial charge on any atom is 0.416 e. The molecule has 0 atom stereocenters. The van der Waals surface area contributed by atoms with E-state index in [2.05, 4.69) is 10.3 Å². The van der Waals surface area contributed by atoms with Gasteiger partial charge in [-0.2, -0.15) is 13.2 Å². The Balaban J connectivity index is 2.25. The molecule has 0 fully saturated rings. The number of benzene rings is 1. The number of anilines is 2. The Labute approximate surface area is 111 Å². The maximum absolute atomic E-state index is 12.4. The minimum absolute atomic E-state index is 0.0626. The Hall–Kier alpha value is -2.57. The molecule has 0 amide bonds. The van der Waals surface area contributed by atoms with Crippen molar-refractivity contribution in [2.24, 2.45) is 0 Å². The summed E-state index contributed by atoms with van der Waals surface area (Å²) in [5.74, 6) is -1.10. The molecule has 2 aromatic rings. The van der Waals surface area contributed by atoms with Crippen molar-refractivity contribution in [1.29, 1.82) is 0 Å². The molecule has 0 saturated carbocycles. The van der Waals surface area contributed by atoms with Crippen LogP contribution < -0.4 is 5.32 Å². The molecular formula is C13H9F3N2O2. The van der Waals surface area contributed by atoms with Gasteiger partial charge < -0.3 is 10.4 Å². The maximum atomic E-state index is 12.4. The molecule has 0 aliphatic heterocycles. The highest BCUT2D eigenvalue weighted by Crippen LogP contribution is 2.30. The minimum atomic E-state index is -4.41. The van der Waals surface area contributed by atoms with E-state index in [0.717, 1.165) is 12.1 Å². The zero-order valence-electron chi connectivity index (χ0n) is 9.98. The van der Waals surface area contributed by atoms with Crippen LogP contribution in [0.1, 0.15) is 15.9 Å². The number of hydrogen-bond acceptors (Lipinski definition) is 3. The number of pyridine rings is 1. The zero-order chi connectivity index (χ0) is 14.8. The summed E-state index contributed by atoms with van der Waals surface area (Å²) in [6, 6.07) is 7.05. The van der Waals surface area contributed by atoms with Gasteiger partial charge in [0.2, 0.25) is 0 Å². The fourth-order valence-electron chi connectivity index (χ4n) is 1.56. The highest BCUT2D eigenvalue weighted by molar-refractivity contribution is 5.93. The van der Waals surface area contributed by atoms with Crippen LogP contribution in [0.2, 0.25) is 0 Å². The van der Waals surface area contributed by atoms with Gasteiger partial charge in [0.15, 0.2) is 0 Å². The van der Waals surface area contributed by atoms with Crippen LogP contribution in [0.15, 0.2) is 42.6 Å². The number of halogens is 3. The van der Waals surface area contributed by atoms with Crippen molar-refractivity contribution in [2.75, 3.05) is 5.32 Å². The first kappa shape index (κ1) is 13.9. The van der Waals surface area contributed by atoms with Crippen LogP contribution in [0.4, 0.5) is 24.7 Å². The van der Waals surface area contributed by atoms with Gasteiger partial charge in [0.1, 0.15) is 11.4 Å². The van der Waals surface area contributed by atoms with Gasteiger partial charge in [-0.15, -0.1) is 0 Å². The predicted molar refractivity (Wildman–Crippen MR) is 65.9 cm³/mol. The van der Waals surface area contributed by atoms with Gasteiger partial charge in [0.25, 0.3) is 0 Å². The van der Waals surface area contributed by atoms with Gasteiger partial charge in [0, 0.05) is 11.9 Å². The summed E-state index contributed by atoms with van der Waals surface area (Å²) in [6.07, 6.45) is -3.02. The Morgan fingerprint density at radius 2 is 1.80 bits per heavy atom. The second-order valence-electron chi connectivity index (χ2n) is 3.90. The molecule has 0 unspecified atom stereocenters. The Morgan fingerprint density at radius 1 is 1.15 bits per heavy atom. The molecule has 1 heterocycles. The fraction of sp³-hybridized carbons (Fsp3) is 0.0769. The van der Waals surface area contributed by atoms with Crippen LogP contribution in [-0.2, 0) is 6.18 Å². The molecule has 7 heteroatoms. The Morgan fingerprint density at radius 3 is 2.35 bits per heavy atom. The van der Waals surface area contributed by atoms with E-state index in [1.807, 2.05) is 0 Å². The van der Waals surface area contributed by atoms with Crippen molar-refractivity contribution in [3.63, 3.8) is 0 Å². The van der Waals surface area contributed by atoms with Crippen LogP contribution in [0, 0.1) is 0 Å². The van der Waals surface area contributed by atoms with Crippen LogP contribution in [0.25, 0.3) is 0 Å². The monoisotopic (exact) mass is 282 g/mol. The predicted octanol–water partition coefficient (Wildman–Crippen LogP) is 3.54. The van der Waals surface area contributed by atoms with E-state index >= 15 is 0 Å². The van der Waals surface area contributed by atoms with E-state index in [0.29, 0.717) is 5.69 Å². The number of nitrogens with zero attached hydrogens (tertiary/aromatic N) is 1. The molecule has 0 saturated heterocycles. The van der Waals surface area contributed by atoms with Crippen molar-refractivity contribution >= 4 is 17.5 Å². The van der Waals surface area contributed by atoms with Crippen LogP contribution in [0.3, 0.4) is 0 Å². The van der Waals surface area contributed by atoms with Gasteiger partial charge in [-0.25, -0.2) is 9.78 Å². The number of aromatic nitrogens is 1. The van der Waals surface area contributed by atoms with Crippen molar-refractivity contribution < 1.29 is 23.1 Å². The lowest BCUT2D eigenvalue weighted by atomic mass is 10.2. The first-order valence-electron chi connectivity index (χ1n) is 5.50. The average Bonchev–Trinajstić information content (AvgIpc) is 2.38. The van der Waals surface area contributed by atoms with E-state index in [9.17, 15) is 18.0 Å². The van der Waals surface area contributed by atoms with Crippen molar-refractivity contribution in [1.82, 2.24) is 4.98 Å². The molecular weight excluding hydrogens is 273 g/mol. The van der Waals surface area contributed by atoms with E-state index in [1.54, 1.807) is 0 Å². The summed E-state index contributed by atoms with van der Waals surface area (Å²) in [7, 11) is 0. The van der Waals surface area contributed by atoms with Crippen LogP contribution in [0.5, 0.6) is 0 Å². The van der Waals surface area contributed by atoms with Gasteiger partial charge in [0.05, 0.1) is 5.56 Å². The average molecular weight is 282 g/mol. The molecule has 104 valence electrons. The smallest absolute Gasteiger partial charge is 0.416 e. The number of carbonyl (C=O) groups is 1. The van der Waals surface area contributed by atoms with E-state index in [1.165, 1.54) is 30.5 Å². The van der Waals surface area contributed by atoms with Crippen molar-refractivity contribution in [3.05, 3.63) is 53.7 Å². The van der Waals surface area contributed by atoms with Gasteiger partial charge in [-0.1, -0.05) is 0 Å². The molecule has 2 N–H and O–H groups in total. The number of aromatic carboxylic acids is 1. The highest BCUT2D eigenvalue weighted by atomic mass is 19.4. The quantitative estimate of drug-likeness (QED) is 0.903. The molecule has 2 rings (SSSR count). The Bertz CT molecular complexity index is 624. The molecule has 1 aromatic heterocycles. The third-order valence-electron chi connectivity index (χ3n) is 2.51. The van der Waals surface area contributed by atoms with E-state index < -0.39 is 17.7 Å². The van der Waals surface area contributed by atoms with Crippen molar-refractivity contribution in [2.45, 2.75) is 6.18 Å². The standard InChI is InChI=1S/C13H9F3N2O2/c14-13(15,16)8-3-5-9(6-4-8)18-11-10(12(19)20)2-1-7-17-11/h1-7H,(H,17,18)(H,19,20). The number of rotatable bonds is 3. The lowest BCUT2D eigenvalue weighted by molar-refractivity contribution is -0.137. The third-order valence-corrected chi connectivity index (χ3v) is 2.51. The molecule has 0 aliphatic carbocycles. The first-order chi connectivity index (χ1) is 9.38. The third kappa shape index (κ3) is 3.05. The lowest BCUT2D eigenvalue weighted by Crippen LogP contribution is -2.06. The Kier molecular flexibility index (Phi) is 3.60. The topological polar surface area (TPSA) is 62.2 Å². The molecule has 0 spiro atoms. The number of alkyl halides is 3. The first-order valence-corrected chi connectivity index (χ1v) is 5.50. The number of carboxylic acid groups (broad SMARTS) is 1. The second-order valence-corrected chi connectivity index (χ2v) is 3.90. The summed E-state index contributed by atoms with van der Waals surface area (Å²) in [5.41, 5.74) is -0.519. The molecule has 20 heavy (non-hydrogen) atoms. The summed E-state index contributed by atoms with van der Waals surface area (Å²) >= 11 is 0. The molecule has 4 nitrogen and oxygen atoms in total. The molecule has 0 aliphatic rings. The second kappa shape index (κ2) is 5.20. The van der Waals surface area contributed by atoms with Gasteiger partial charge in [-0.05, 0) is 36.4 Å². The molecule has 0 radical (unpaired) electrons. The van der Waals surface area contributed by atoms with Crippen molar-refractivity contribution in [3.8, 4) is 0 Å². The number of nitrogens with one attached hydrogen (secondary N) is 1. The normalized spacial score (nSPS) is 11.2. The summed E-state index contributed by atoms with van der Waals surface area (Å²) in [4.78, 5) is 14.8. The van der Waals surface area contributed by atoms with E-state index in [4.69, 9.17) is 5.11 Å². The van der Waals surface area contributed by atoms with Gasteiger partial charge in [-0.3, -0.25) is 0 Å². The summed E-state index contributed by atoms with van der Waals surface area (Å²) in [5, 5.41) is 11.6. The molecule has 1 aromatic carbocycles. The fourth-order valence-corrected chi connectivity index (χ4v) is 1.56. The zero-order valence-corrected chi connectivity index (χ0v) is 9.98.